The number of hydrogen-bond acceptors (Lipinski definition) is 2. The number of benzene rings is 1. The van der Waals surface area contributed by atoms with Gasteiger partial charge in [-0.1, -0.05) is 18.9 Å². The molecule has 3 heteroatoms. The van der Waals surface area contributed by atoms with E-state index in [2.05, 4.69) is 46.3 Å². The maximum absolute atomic E-state index is 5.58. The van der Waals surface area contributed by atoms with Crippen molar-refractivity contribution in [2.75, 3.05) is 14.2 Å². The number of methoxy groups -OCH3 is 2. The number of rotatable bonds is 3. The molecule has 1 aromatic carbocycles. The summed E-state index contributed by atoms with van der Waals surface area (Å²) in [5.41, 5.74) is 3.07. The molecule has 4 rings (SSSR count). The van der Waals surface area contributed by atoms with Gasteiger partial charge in [-0.05, 0) is 101 Å². The van der Waals surface area contributed by atoms with E-state index in [1.165, 1.54) is 37.7 Å². The molecule has 1 saturated carbocycles. The standard InChI is InChI=1S/C22H27BrO2/c1-24-16-9-7-14(8-10-16)19-11-15-12-21(23)22(25-2)13-20(15)18-6-4-3-5-17(18)19/h7,9-10,12-14,17-19H,3-6,8,11H2,1-2H3/t14?,17-,18+,19-/m0/s1. The Labute approximate surface area is 159 Å². The normalized spacial score (nSPS) is 30.9. The van der Waals surface area contributed by atoms with E-state index in [0.29, 0.717) is 11.8 Å². The molecule has 0 amide bonds. The van der Waals surface area contributed by atoms with Crippen molar-refractivity contribution in [3.63, 3.8) is 0 Å². The van der Waals surface area contributed by atoms with Crippen molar-refractivity contribution in [2.24, 2.45) is 17.8 Å². The zero-order chi connectivity index (χ0) is 17.4. The van der Waals surface area contributed by atoms with Gasteiger partial charge in [0.2, 0.25) is 0 Å². The zero-order valence-corrected chi connectivity index (χ0v) is 16.7. The molecule has 3 aliphatic carbocycles. The van der Waals surface area contributed by atoms with Crippen LogP contribution in [0.5, 0.6) is 5.75 Å². The van der Waals surface area contributed by atoms with E-state index in [1.807, 2.05) is 0 Å². The summed E-state index contributed by atoms with van der Waals surface area (Å²) >= 11 is 3.69. The molecule has 0 bridgehead atoms. The smallest absolute Gasteiger partial charge is 0.133 e. The van der Waals surface area contributed by atoms with Crippen LogP contribution in [0.1, 0.15) is 49.1 Å². The van der Waals surface area contributed by atoms with Crippen LogP contribution in [0.3, 0.4) is 0 Å². The molecule has 1 fully saturated rings. The molecule has 0 aliphatic heterocycles. The van der Waals surface area contributed by atoms with Gasteiger partial charge in [0.1, 0.15) is 11.5 Å². The van der Waals surface area contributed by atoms with Gasteiger partial charge in [-0.15, -0.1) is 0 Å². The number of halogens is 1. The maximum Gasteiger partial charge on any atom is 0.133 e. The third-order valence-electron chi connectivity index (χ3n) is 6.52. The molecule has 1 unspecified atom stereocenters. The van der Waals surface area contributed by atoms with Crippen LogP contribution in [-0.4, -0.2) is 14.2 Å². The maximum atomic E-state index is 5.58. The highest BCUT2D eigenvalue weighted by atomic mass is 79.9. The lowest BCUT2D eigenvalue weighted by Gasteiger charge is -2.45. The SMILES string of the molecule is COC1=CCC([C@@H]2Cc3cc(Br)c(OC)cc3[C@@H]3CCCC[C@@H]32)C=C1. The fourth-order valence-corrected chi connectivity index (χ4v) is 5.86. The minimum absolute atomic E-state index is 0.638. The number of allylic oxidation sites excluding steroid dienone is 3. The highest BCUT2D eigenvalue weighted by molar-refractivity contribution is 9.10. The van der Waals surface area contributed by atoms with Crippen LogP contribution in [0.25, 0.3) is 0 Å². The van der Waals surface area contributed by atoms with Crippen LogP contribution in [-0.2, 0) is 11.2 Å². The summed E-state index contributed by atoms with van der Waals surface area (Å²) < 4.78 is 12.0. The quantitative estimate of drug-likeness (QED) is 0.615. The first-order valence-corrected chi connectivity index (χ1v) is 10.3. The lowest BCUT2D eigenvalue weighted by molar-refractivity contribution is 0.155. The molecule has 0 N–H and O–H groups in total. The summed E-state index contributed by atoms with van der Waals surface area (Å²) in [6.45, 7) is 0. The number of fused-ring (bicyclic) bond motifs is 3. The third kappa shape index (κ3) is 3.16. The van der Waals surface area contributed by atoms with Crippen LogP contribution in [0.4, 0.5) is 0 Å². The molecule has 4 atom stereocenters. The molecule has 0 saturated heterocycles. The lowest BCUT2D eigenvalue weighted by atomic mass is 9.59. The summed E-state index contributed by atoms with van der Waals surface area (Å²) in [6.07, 6.45) is 14.6. The zero-order valence-electron chi connectivity index (χ0n) is 15.1. The van der Waals surface area contributed by atoms with E-state index in [1.54, 1.807) is 19.8 Å². The summed E-state index contributed by atoms with van der Waals surface area (Å²) in [4.78, 5) is 0. The van der Waals surface area contributed by atoms with Gasteiger partial charge in [-0.3, -0.25) is 0 Å². The predicted molar refractivity (Wildman–Crippen MR) is 105 cm³/mol. The summed E-state index contributed by atoms with van der Waals surface area (Å²) in [7, 11) is 3.53. The van der Waals surface area contributed by atoms with Crippen LogP contribution in [0.2, 0.25) is 0 Å². The van der Waals surface area contributed by atoms with E-state index < -0.39 is 0 Å². The van der Waals surface area contributed by atoms with Crippen molar-refractivity contribution < 1.29 is 9.47 Å². The Morgan fingerprint density at radius 1 is 1.04 bits per heavy atom. The Morgan fingerprint density at radius 3 is 2.60 bits per heavy atom. The van der Waals surface area contributed by atoms with Gasteiger partial charge in [0.25, 0.3) is 0 Å². The molecule has 0 spiro atoms. The van der Waals surface area contributed by atoms with Crippen LogP contribution in [0, 0.1) is 17.8 Å². The van der Waals surface area contributed by atoms with Crippen LogP contribution >= 0.6 is 15.9 Å². The highest BCUT2D eigenvalue weighted by Gasteiger charge is 2.41. The molecule has 0 radical (unpaired) electrons. The average Bonchev–Trinajstić information content (AvgIpc) is 2.67. The van der Waals surface area contributed by atoms with Crippen molar-refractivity contribution in [2.45, 2.75) is 44.4 Å². The molecule has 0 aromatic heterocycles. The van der Waals surface area contributed by atoms with E-state index >= 15 is 0 Å². The lowest BCUT2D eigenvalue weighted by Crippen LogP contribution is -2.36. The van der Waals surface area contributed by atoms with Crippen LogP contribution in [0.15, 0.2) is 40.6 Å². The molecule has 3 aliphatic rings. The van der Waals surface area contributed by atoms with Gasteiger partial charge >= 0.3 is 0 Å². The van der Waals surface area contributed by atoms with Gasteiger partial charge < -0.3 is 9.47 Å². The largest absolute Gasteiger partial charge is 0.497 e. The molecular weight excluding hydrogens is 376 g/mol. The van der Waals surface area contributed by atoms with Crippen molar-refractivity contribution >= 4 is 15.9 Å². The predicted octanol–water partition coefficient (Wildman–Crippen LogP) is 6.01. The van der Waals surface area contributed by atoms with Crippen molar-refractivity contribution in [3.8, 4) is 5.75 Å². The second-order valence-corrected chi connectivity index (χ2v) is 8.53. The Balaban J connectivity index is 1.68. The Kier molecular flexibility index (Phi) is 4.95. The monoisotopic (exact) mass is 402 g/mol. The first-order chi connectivity index (χ1) is 12.2. The molecule has 134 valence electrons. The average molecular weight is 403 g/mol. The van der Waals surface area contributed by atoms with Gasteiger partial charge in [-0.25, -0.2) is 0 Å². The van der Waals surface area contributed by atoms with E-state index in [4.69, 9.17) is 9.47 Å². The second-order valence-electron chi connectivity index (χ2n) is 7.68. The topological polar surface area (TPSA) is 18.5 Å². The Bertz CT molecular complexity index is 706. The van der Waals surface area contributed by atoms with E-state index in [0.717, 1.165) is 34.2 Å². The van der Waals surface area contributed by atoms with Gasteiger partial charge in [0.15, 0.2) is 0 Å². The van der Waals surface area contributed by atoms with E-state index in [-0.39, 0.29) is 0 Å². The minimum atomic E-state index is 0.638. The van der Waals surface area contributed by atoms with Crippen molar-refractivity contribution in [1.82, 2.24) is 0 Å². The summed E-state index contributed by atoms with van der Waals surface area (Å²) in [6, 6.07) is 4.62. The summed E-state index contributed by atoms with van der Waals surface area (Å²) in [5.74, 6) is 4.87. The number of ether oxygens (including phenoxy) is 2. The Hall–Kier alpha value is -1.22. The van der Waals surface area contributed by atoms with Gasteiger partial charge in [-0.2, -0.15) is 0 Å². The molecule has 2 nitrogen and oxygen atoms in total. The first kappa shape index (κ1) is 17.2. The van der Waals surface area contributed by atoms with Crippen molar-refractivity contribution in [1.29, 1.82) is 0 Å². The van der Waals surface area contributed by atoms with Crippen LogP contribution < -0.4 is 4.74 Å². The minimum Gasteiger partial charge on any atom is -0.497 e. The van der Waals surface area contributed by atoms with Gasteiger partial charge in [0.05, 0.1) is 18.7 Å². The molecule has 1 aromatic rings. The second kappa shape index (κ2) is 7.19. The fourth-order valence-electron chi connectivity index (χ4n) is 5.31. The van der Waals surface area contributed by atoms with Crippen molar-refractivity contribution in [3.05, 3.63) is 51.7 Å². The fraction of sp³-hybridized carbons (Fsp3) is 0.545. The van der Waals surface area contributed by atoms with Gasteiger partial charge in [0, 0.05) is 0 Å². The molecular formula is C22H27BrO2. The number of hydrogen-bond donors (Lipinski definition) is 0. The molecule has 25 heavy (non-hydrogen) atoms. The summed E-state index contributed by atoms with van der Waals surface area (Å²) in [5, 5.41) is 0. The first-order valence-electron chi connectivity index (χ1n) is 9.50. The Morgan fingerprint density at radius 2 is 1.88 bits per heavy atom. The van der Waals surface area contributed by atoms with E-state index in [9.17, 15) is 0 Å². The highest BCUT2D eigenvalue weighted by Crippen LogP contribution is 2.52. The molecule has 0 heterocycles. The third-order valence-corrected chi connectivity index (χ3v) is 7.14.